The normalized spacial score (nSPS) is 20.7. The second-order valence-electron chi connectivity index (χ2n) is 6.38. The van der Waals surface area contributed by atoms with Crippen molar-refractivity contribution in [3.05, 3.63) is 56.7 Å². The number of pyridine rings is 1. The first-order valence-electron chi connectivity index (χ1n) is 7.86. The molecule has 1 aromatic carbocycles. The van der Waals surface area contributed by atoms with Crippen LogP contribution in [0.25, 0.3) is 0 Å². The monoisotopic (exact) mass is 462 g/mol. The van der Waals surface area contributed by atoms with Crippen LogP contribution in [-0.4, -0.2) is 24.2 Å². The molecule has 0 amide bonds. The van der Waals surface area contributed by atoms with Crippen LogP contribution in [0.5, 0.6) is 0 Å². The number of alkyl halides is 6. The Bertz CT molecular complexity index is 876. The van der Waals surface area contributed by atoms with E-state index < -0.39 is 36.4 Å². The van der Waals surface area contributed by atoms with E-state index in [9.17, 15) is 26.3 Å². The van der Waals surface area contributed by atoms with Crippen LogP contribution >= 0.6 is 34.8 Å². The molecule has 0 saturated carbocycles. The van der Waals surface area contributed by atoms with E-state index in [-0.39, 0.29) is 33.0 Å². The molecule has 2 aromatic rings. The van der Waals surface area contributed by atoms with Crippen molar-refractivity contribution >= 4 is 40.6 Å². The van der Waals surface area contributed by atoms with Gasteiger partial charge in [0.1, 0.15) is 16.9 Å². The predicted molar refractivity (Wildman–Crippen MR) is 95.3 cm³/mol. The lowest BCUT2D eigenvalue weighted by atomic mass is 9.79. The van der Waals surface area contributed by atoms with Gasteiger partial charge in [-0.3, -0.25) is 0 Å². The zero-order chi connectivity index (χ0) is 20.9. The van der Waals surface area contributed by atoms with Crippen LogP contribution in [0.3, 0.4) is 0 Å². The van der Waals surface area contributed by atoms with Crippen LogP contribution in [0.2, 0.25) is 15.1 Å². The lowest BCUT2D eigenvalue weighted by Gasteiger charge is -2.33. The molecule has 1 aliphatic heterocycles. The van der Waals surface area contributed by atoms with E-state index in [1.807, 2.05) is 0 Å². The van der Waals surface area contributed by atoms with E-state index in [0.717, 1.165) is 24.3 Å². The molecule has 1 aliphatic rings. The highest BCUT2D eigenvalue weighted by Crippen LogP contribution is 2.50. The predicted octanol–water partition coefficient (Wildman–Crippen LogP) is 6.77. The first-order valence-corrected chi connectivity index (χ1v) is 8.99. The van der Waals surface area contributed by atoms with Gasteiger partial charge in [0.05, 0.1) is 15.1 Å². The molecule has 0 spiro atoms. The van der Waals surface area contributed by atoms with Gasteiger partial charge < -0.3 is 4.90 Å². The van der Waals surface area contributed by atoms with Gasteiger partial charge in [-0.1, -0.05) is 40.9 Å². The highest BCUT2D eigenvalue weighted by molar-refractivity contribution is 6.48. The summed E-state index contributed by atoms with van der Waals surface area (Å²) in [5.41, 5.74) is -3.75. The number of benzene rings is 1. The average Bonchev–Trinajstić information content (AvgIpc) is 3.05. The van der Waals surface area contributed by atoms with Crippen molar-refractivity contribution in [2.45, 2.75) is 24.2 Å². The largest absolute Gasteiger partial charge is 0.433 e. The molecule has 2 heterocycles. The number of rotatable bonds is 2. The molecule has 1 unspecified atom stereocenters. The molecule has 28 heavy (non-hydrogen) atoms. The van der Waals surface area contributed by atoms with Gasteiger partial charge in [-0.05, 0) is 36.2 Å². The fourth-order valence-electron chi connectivity index (χ4n) is 3.23. The van der Waals surface area contributed by atoms with Crippen LogP contribution in [0.15, 0.2) is 30.3 Å². The Morgan fingerprint density at radius 3 is 2.11 bits per heavy atom. The van der Waals surface area contributed by atoms with Crippen LogP contribution < -0.4 is 4.90 Å². The Balaban J connectivity index is 2.03. The molecule has 1 fully saturated rings. The Morgan fingerprint density at radius 2 is 1.57 bits per heavy atom. The molecule has 3 rings (SSSR count). The average molecular weight is 464 g/mol. The van der Waals surface area contributed by atoms with Gasteiger partial charge in [-0.15, -0.1) is 0 Å². The van der Waals surface area contributed by atoms with Crippen LogP contribution in [-0.2, 0) is 11.6 Å². The number of nitrogens with zero attached hydrogens (tertiary/aromatic N) is 2. The van der Waals surface area contributed by atoms with Crippen molar-refractivity contribution in [2.75, 3.05) is 18.0 Å². The molecule has 1 saturated heterocycles. The summed E-state index contributed by atoms with van der Waals surface area (Å²) in [7, 11) is 0. The van der Waals surface area contributed by atoms with Gasteiger partial charge in [0.25, 0.3) is 0 Å². The smallest absolute Gasteiger partial charge is 0.355 e. The molecule has 11 heteroatoms. The van der Waals surface area contributed by atoms with E-state index in [1.165, 1.54) is 11.0 Å². The second-order valence-corrected chi connectivity index (χ2v) is 7.58. The van der Waals surface area contributed by atoms with E-state index in [2.05, 4.69) is 4.98 Å². The molecular weight excluding hydrogens is 453 g/mol. The standard InChI is InChI=1S/C17H11Cl3F6N2/c18-10-6-9(7-11(19)14(10)20)15(17(24,25)26)4-5-28(8-15)13-3-1-2-12(27-13)16(21,22)23/h1-3,6-7H,4-5,8H2. The third-order valence-corrected chi connectivity index (χ3v) is 5.89. The van der Waals surface area contributed by atoms with Crippen molar-refractivity contribution in [1.29, 1.82) is 0 Å². The lowest BCUT2D eigenvalue weighted by molar-refractivity contribution is -0.184. The van der Waals surface area contributed by atoms with E-state index in [0.29, 0.717) is 0 Å². The molecule has 1 aromatic heterocycles. The third kappa shape index (κ3) is 3.74. The fraction of sp³-hybridized carbons (Fsp3) is 0.353. The Kier molecular flexibility index (Phi) is 5.44. The summed E-state index contributed by atoms with van der Waals surface area (Å²) in [6.45, 7) is -0.773. The molecule has 2 nitrogen and oxygen atoms in total. The van der Waals surface area contributed by atoms with E-state index in [1.54, 1.807) is 0 Å². The maximum atomic E-state index is 14.1. The lowest BCUT2D eigenvalue weighted by Crippen LogP contribution is -2.45. The Hall–Kier alpha value is -1.38. The summed E-state index contributed by atoms with van der Waals surface area (Å²) in [4.78, 5) is 4.64. The molecule has 0 aliphatic carbocycles. The first-order chi connectivity index (χ1) is 12.8. The number of hydrogen-bond donors (Lipinski definition) is 0. The summed E-state index contributed by atoms with van der Waals surface area (Å²) in [6.07, 6.45) is -9.80. The summed E-state index contributed by atoms with van der Waals surface area (Å²) in [5, 5.41) is -0.342. The SMILES string of the molecule is FC(F)(F)c1cccc(N2CCC(c3cc(Cl)c(Cl)c(Cl)c3)(C(F)(F)F)C2)n1. The van der Waals surface area contributed by atoms with Crippen molar-refractivity contribution in [2.24, 2.45) is 0 Å². The van der Waals surface area contributed by atoms with Crippen LogP contribution in [0.4, 0.5) is 32.2 Å². The number of aromatic nitrogens is 1. The third-order valence-electron chi connectivity index (χ3n) is 4.70. The number of hydrogen-bond acceptors (Lipinski definition) is 2. The Labute approximate surface area is 171 Å². The van der Waals surface area contributed by atoms with Crippen molar-refractivity contribution in [1.82, 2.24) is 4.98 Å². The maximum absolute atomic E-state index is 14.1. The van der Waals surface area contributed by atoms with Crippen LogP contribution in [0, 0.1) is 0 Å². The summed E-state index contributed by atoms with van der Waals surface area (Å²) >= 11 is 17.6. The molecule has 152 valence electrons. The minimum absolute atomic E-state index is 0.0706. The van der Waals surface area contributed by atoms with E-state index in [4.69, 9.17) is 34.8 Å². The molecule has 0 radical (unpaired) electrons. The quantitative estimate of drug-likeness (QED) is 0.361. The van der Waals surface area contributed by atoms with Gasteiger partial charge in [0, 0.05) is 13.1 Å². The fourth-order valence-corrected chi connectivity index (χ4v) is 3.82. The van der Waals surface area contributed by atoms with Crippen LogP contribution in [0.1, 0.15) is 17.7 Å². The first kappa shape index (κ1) is 21.3. The minimum atomic E-state index is -4.70. The number of halogens is 9. The van der Waals surface area contributed by atoms with Gasteiger partial charge in [0.2, 0.25) is 0 Å². The molecule has 1 atom stereocenters. The van der Waals surface area contributed by atoms with Gasteiger partial charge in [-0.25, -0.2) is 4.98 Å². The van der Waals surface area contributed by atoms with Crippen molar-refractivity contribution in [3.8, 4) is 0 Å². The molecule has 0 bridgehead atoms. The topological polar surface area (TPSA) is 16.1 Å². The maximum Gasteiger partial charge on any atom is 0.433 e. The summed E-state index contributed by atoms with van der Waals surface area (Å²) in [5.74, 6) is -0.188. The van der Waals surface area contributed by atoms with Crippen molar-refractivity contribution < 1.29 is 26.3 Å². The van der Waals surface area contributed by atoms with E-state index >= 15 is 0 Å². The van der Waals surface area contributed by atoms with Gasteiger partial charge in [0.15, 0.2) is 0 Å². The Morgan fingerprint density at radius 1 is 0.964 bits per heavy atom. The van der Waals surface area contributed by atoms with Gasteiger partial charge in [-0.2, -0.15) is 26.3 Å². The molecule has 0 N–H and O–H groups in total. The summed E-state index contributed by atoms with van der Waals surface area (Å²) in [6, 6.07) is 5.28. The van der Waals surface area contributed by atoms with Gasteiger partial charge >= 0.3 is 12.4 Å². The zero-order valence-corrected chi connectivity index (χ0v) is 16.1. The highest BCUT2D eigenvalue weighted by Gasteiger charge is 2.59. The zero-order valence-electron chi connectivity index (χ0n) is 13.8. The second kappa shape index (κ2) is 7.15. The minimum Gasteiger partial charge on any atom is -0.355 e. The molecular formula is C17H11Cl3F6N2. The highest BCUT2D eigenvalue weighted by atomic mass is 35.5. The van der Waals surface area contributed by atoms with Crippen molar-refractivity contribution in [3.63, 3.8) is 0 Å². The summed E-state index contributed by atoms with van der Waals surface area (Å²) < 4.78 is 80.9. The number of anilines is 1.